The summed E-state index contributed by atoms with van der Waals surface area (Å²) in [5.74, 6) is 0.0413. The molecular weight excluding hydrogens is 388 g/mol. The first kappa shape index (κ1) is 23.3. The summed E-state index contributed by atoms with van der Waals surface area (Å²) >= 11 is 0. The van der Waals surface area contributed by atoms with Crippen LogP contribution < -0.4 is 10.6 Å². The number of halogens is 1. The van der Waals surface area contributed by atoms with E-state index in [1.807, 2.05) is 44.3 Å². The predicted octanol–water partition coefficient (Wildman–Crippen LogP) is 2.69. The third kappa shape index (κ3) is 7.40. The average Bonchev–Trinajstić information content (AvgIpc) is 2.72. The van der Waals surface area contributed by atoms with Gasteiger partial charge in [0.2, 0.25) is 5.91 Å². The van der Waals surface area contributed by atoms with Crippen LogP contribution in [0.5, 0.6) is 0 Å². The van der Waals surface area contributed by atoms with Crippen molar-refractivity contribution in [2.24, 2.45) is 0 Å². The summed E-state index contributed by atoms with van der Waals surface area (Å²) in [4.78, 5) is 19.0. The zero-order valence-electron chi connectivity index (χ0n) is 17.1. The van der Waals surface area contributed by atoms with Crippen molar-refractivity contribution in [1.29, 1.82) is 0 Å². The number of carbonyl (C=O) groups is 1. The van der Waals surface area contributed by atoms with Crippen molar-refractivity contribution in [2.45, 2.75) is 39.1 Å². The Morgan fingerprint density at radius 1 is 1.31 bits per heavy atom. The van der Waals surface area contributed by atoms with Gasteiger partial charge in [-0.2, -0.15) is 0 Å². The van der Waals surface area contributed by atoms with E-state index in [4.69, 9.17) is 4.74 Å². The monoisotopic (exact) mass is 418 g/mol. The van der Waals surface area contributed by atoms with E-state index >= 15 is 0 Å². The first-order valence-electron chi connectivity index (χ1n) is 9.92. The third-order valence-corrected chi connectivity index (χ3v) is 4.83. The molecule has 1 aliphatic heterocycles. The summed E-state index contributed by atoms with van der Waals surface area (Å²) in [5, 5.41) is 6.46. The van der Waals surface area contributed by atoms with E-state index in [-0.39, 0.29) is 30.5 Å². The van der Waals surface area contributed by atoms with Crippen molar-refractivity contribution in [3.05, 3.63) is 65.5 Å². The molecule has 1 aliphatic rings. The summed E-state index contributed by atoms with van der Waals surface area (Å²) in [7, 11) is 0. The maximum atomic E-state index is 12.5. The van der Waals surface area contributed by atoms with Crippen molar-refractivity contribution >= 4 is 18.3 Å². The van der Waals surface area contributed by atoms with E-state index in [0.717, 1.165) is 36.3 Å². The average molecular weight is 419 g/mol. The molecule has 0 bridgehead atoms. The molecule has 1 fully saturated rings. The maximum absolute atomic E-state index is 12.5. The number of piperazine rings is 1. The topological polar surface area (TPSA) is 66.5 Å². The maximum Gasteiger partial charge on any atom is 0.234 e. The standard InChI is InChI=1S/C22H30N4O2.ClH/c1-17(2)28-16-19-6-3-5-18(11-19)12-25-22(27)15-26-10-9-24-14-21(26)20-7-4-8-23-13-20;/h3-8,11,13,17,21,24H,9-10,12,14-16H2,1-2H3,(H,25,27);1H. The molecule has 1 atom stereocenters. The molecular formula is C22H31ClN4O2. The van der Waals surface area contributed by atoms with Crippen molar-refractivity contribution in [3.8, 4) is 0 Å². The quantitative estimate of drug-likeness (QED) is 0.690. The van der Waals surface area contributed by atoms with Gasteiger partial charge in [0, 0.05) is 44.6 Å². The van der Waals surface area contributed by atoms with Gasteiger partial charge in [-0.05, 0) is 36.6 Å². The molecule has 2 N–H and O–H groups in total. The Bertz CT molecular complexity index is 757. The van der Waals surface area contributed by atoms with Gasteiger partial charge < -0.3 is 15.4 Å². The molecule has 3 rings (SSSR count). The molecule has 1 aromatic carbocycles. The number of aromatic nitrogens is 1. The number of rotatable bonds is 8. The second-order valence-electron chi connectivity index (χ2n) is 7.43. The van der Waals surface area contributed by atoms with Crippen LogP contribution in [0.2, 0.25) is 0 Å². The Morgan fingerprint density at radius 2 is 2.14 bits per heavy atom. The second-order valence-corrected chi connectivity index (χ2v) is 7.43. The highest BCUT2D eigenvalue weighted by atomic mass is 35.5. The number of hydrogen-bond donors (Lipinski definition) is 2. The molecule has 0 saturated carbocycles. The van der Waals surface area contributed by atoms with E-state index in [2.05, 4.69) is 32.7 Å². The Hall–Kier alpha value is -1.99. The summed E-state index contributed by atoms with van der Waals surface area (Å²) in [6, 6.07) is 12.4. The van der Waals surface area contributed by atoms with Gasteiger partial charge in [0.25, 0.3) is 0 Å². The minimum Gasteiger partial charge on any atom is -0.374 e. The molecule has 29 heavy (non-hydrogen) atoms. The first-order chi connectivity index (χ1) is 13.6. The smallest absolute Gasteiger partial charge is 0.234 e. The van der Waals surface area contributed by atoms with Crippen molar-refractivity contribution in [2.75, 3.05) is 26.2 Å². The van der Waals surface area contributed by atoms with E-state index in [0.29, 0.717) is 19.7 Å². The van der Waals surface area contributed by atoms with E-state index < -0.39 is 0 Å². The number of nitrogens with one attached hydrogen (secondary N) is 2. The van der Waals surface area contributed by atoms with Crippen LogP contribution in [0, 0.1) is 0 Å². The number of benzene rings is 1. The zero-order valence-corrected chi connectivity index (χ0v) is 18.0. The summed E-state index contributed by atoms with van der Waals surface area (Å²) < 4.78 is 5.66. The molecule has 0 radical (unpaired) electrons. The fraction of sp³-hybridized carbons (Fsp3) is 0.455. The van der Waals surface area contributed by atoms with Gasteiger partial charge in [0.1, 0.15) is 0 Å². The van der Waals surface area contributed by atoms with Gasteiger partial charge in [0.05, 0.1) is 19.3 Å². The minimum absolute atomic E-state index is 0. The van der Waals surface area contributed by atoms with E-state index in [1.165, 1.54) is 0 Å². The van der Waals surface area contributed by atoms with E-state index in [1.54, 1.807) is 6.20 Å². The van der Waals surface area contributed by atoms with Crippen LogP contribution in [0.15, 0.2) is 48.8 Å². The van der Waals surface area contributed by atoms with Gasteiger partial charge >= 0.3 is 0 Å². The molecule has 1 aromatic heterocycles. The number of ether oxygens (including phenoxy) is 1. The molecule has 6 nitrogen and oxygen atoms in total. The lowest BCUT2D eigenvalue weighted by Crippen LogP contribution is -2.49. The molecule has 158 valence electrons. The van der Waals surface area contributed by atoms with Crippen molar-refractivity contribution in [3.63, 3.8) is 0 Å². The molecule has 1 amide bonds. The van der Waals surface area contributed by atoms with Gasteiger partial charge in [-0.1, -0.05) is 30.3 Å². The van der Waals surface area contributed by atoms with Crippen LogP contribution >= 0.6 is 12.4 Å². The molecule has 0 aliphatic carbocycles. The van der Waals surface area contributed by atoms with E-state index in [9.17, 15) is 4.79 Å². The molecule has 2 heterocycles. The number of nitrogens with zero attached hydrogens (tertiary/aromatic N) is 2. The summed E-state index contributed by atoms with van der Waals surface area (Å²) in [6.07, 6.45) is 3.86. The lowest BCUT2D eigenvalue weighted by molar-refractivity contribution is -0.123. The van der Waals surface area contributed by atoms with Gasteiger partial charge in [-0.25, -0.2) is 0 Å². The summed E-state index contributed by atoms with van der Waals surface area (Å²) in [6.45, 7) is 8.12. The largest absolute Gasteiger partial charge is 0.374 e. The molecule has 1 saturated heterocycles. The Balaban J connectivity index is 0.00000300. The lowest BCUT2D eigenvalue weighted by atomic mass is 10.1. The number of pyridine rings is 1. The van der Waals surface area contributed by atoms with Crippen molar-refractivity contribution in [1.82, 2.24) is 20.5 Å². The van der Waals surface area contributed by atoms with Crippen LogP contribution in [-0.2, 0) is 22.7 Å². The van der Waals surface area contributed by atoms with Crippen molar-refractivity contribution < 1.29 is 9.53 Å². The molecule has 0 spiro atoms. The SMILES string of the molecule is CC(C)OCc1cccc(CNC(=O)CN2CCNCC2c2cccnc2)c1.Cl. The van der Waals surface area contributed by atoms with Crippen LogP contribution in [0.4, 0.5) is 0 Å². The zero-order chi connectivity index (χ0) is 19.8. The van der Waals surface area contributed by atoms with Crippen LogP contribution in [-0.4, -0.2) is 48.1 Å². The second kappa shape index (κ2) is 11.9. The normalized spacial score (nSPS) is 17.0. The highest BCUT2D eigenvalue weighted by Gasteiger charge is 2.25. The van der Waals surface area contributed by atoms with Crippen LogP contribution in [0.25, 0.3) is 0 Å². The molecule has 2 aromatic rings. The summed E-state index contributed by atoms with van der Waals surface area (Å²) in [5.41, 5.74) is 3.35. The molecule has 7 heteroatoms. The number of amides is 1. The number of hydrogen-bond acceptors (Lipinski definition) is 5. The van der Waals surface area contributed by atoms with Gasteiger partial charge in [-0.3, -0.25) is 14.7 Å². The predicted molar refractivity (Wildman–Crippen MR) is 117 cm³/mol. The Kier molecular flexibility index (Phi) is 9.54. The number of carbonyl (C=O) groups excluding carboxylic acids is 1. The van der Waals surface area contributed by atoms with Gasteiger partial charge in [0.15, 0.2) is 0 Å². The third-order valence-electron chi connectivity index (χ3n) is 4.83. The Labute approximate surface area is 179 Å². The van der Waals surface area contributed by atoms with Crippen LogP contribution in [0.3, 0.4) is 0 Å². The first-order valence-corrected chi connectivity index (χ1v) is 9.92. The fourth-order valence-electron chi connectivity index (χ4n) is 3.37. The van der Waals surface area contributed by atoms with Crippen LogP contribution in [0.1, 0.15) is 36.6 Å². The lowest BCUT2D eigenvalue weighted by Gasteiger charge is -2.35. The fourth-order valence-corrected chi connectivity index (χ4v) is 3.37. The highest BCUT2D eigenvalue weighted by Crippen LogP contribution is 2.20. The minimum atomic E-state index is 0. The molecule has 1 unspecified atom stereocenters. The van der Waals surface area contributed by atoms with Gasteiger partial charge in [-0.15, -0.1) is 12.4 Å². The highest BCUT2D eigenvalue weighted by molar-refractivity contribution is 5.85. The Morgan fingerprint density at radius 3 is 2.90 bits per heavy atom.